The third kappa shape index (κ3) is 3.71. The summed E-state index contributed by atoms with van der Waals surface area (Å²) in [5.41, 5.74) is 1.31. The normalized spacial score (nSPS) is 12.4. The van der Waals surface area contributed by atoms with Gasteiger partial charge in [-0.1, -0.05) is 13.0 Å². The van der Waals surface area contributed by atoms with E-state index in [4.69, 9.17) is 0 Å². The first-order valence-electron chi connectivity index (χ1n) is 5.20. The van der Waals surface area contributed by atoms with Crippen molar-refractivity contribution >= 4 is 28.3 Å². The van der Waals surface area contributed by atoms with E-state index in [9.17, 15) is 10.1 Å². The van der Waals surface area contributed by atoms with E-state index in [2.05, 4.69) is 41.8 Å². The van der Waals surface area contributed by atoms with Gasteiger partial charge < -0.3 is 5.32 Å². The van der Waals surface area contributed by atoms with Crippen LogP contribution in [0, 0.1) is 13.7 Å². The second-order valence-corrected chi connectivity index (χ2v) is 4.86. The van der Waals surface area contributed by atoms with Crippen LogP contribution < -0.4 is 5.32 Å². The molecule has 0 aliphatic rings. The second-order valence-electron chi connectivity index (χ2n) is 3.70. The van der Waals surface area contributed by atoms with Crippen LogP contribution in [0.3, 0.4) is 0 Å². The van der Waals surface area contributed by atoms with Gasteiger partial charge in [-0.05, 0) is 48.0 Å². The van der Waals surface area contributed by atoms with Gasteiger partial charge in [0.15, 0.2) is 0 Å². The summed E-state index contributed by atoms with van der Waals surface area (Å²) >= 11 is 2.15. The molecule has 0 aromatic heterocycles. The van der Waals surface area contributed by atoms with E-state index >= 15 is 0 Å². The Bertz CT molecular complexity index is 382. The molecule has 1 rings (SSSR count). The van der Waals surface area contributed by atoms with E-state index in [0.29, 0.717) is 6.04 Å². The van der Waals surface area contributed by atoms with E-state index in [1.54, 1.807) is 12.1 Å². The molecule has 1 unspecified atom stereocenters. The van der Waals surface area contributed by atoms with Gasteiger partial charge in [-0.25, -0.2) is 0 Å². The monoisotopic (exact) mass is 334 g/mol. The van der Waals surface area contributed by atoms with Crippen LogP contribution in [0.15, 0.2) is 18.2 Å². The zero-order valence-electron chi connectivity index (χ0n) is 9.37. The highest BCUT2D eigenvalue weighted by Gasteiger charge is 2.10. The van der Waals surface area contributed by atoms with Gasteiger partial charge in [-0.15, -0.1) is 0 Å². The molecule has 88 valence electrons. The summed E-state index contributed by atoms with van der Waals surface area (Å²) in [6, 6.07) is 5.42. The molecule has 0 spiro atoms. The van der Waals surface area contributed by atoms with Crippen molar-refractivity contribution in [1.82, 2.24) is 5.32 Å². The first-order valence-corrected chi connectivity index (χ1v) is 6.28. The summed E-state index contributed by atoms with van der Waals surface area (Å²) in [6.45, 7) is 5.11. The van der Waals surface area contributed by atoms with Gasteiger partial charge in [0.05, 0.1) is 4.92 Å². The molecule has 0 radical (unpaired) electrons. The first kappa shape index (κ1) is 13.4. The highest BCUT2D eigenvalue weighted by atomic mass is 127. The number of nitro groups is 1. The summed E-state index contributed by atoms with van der Waals surface area (Å²) in [5, 5.41) is 13.9. The van der Waals surface area contributed by atoms with Gasteiger partial charge in [-0.3, -0.25) is 10.1 Å². The molecule has 1 atom stereocenters. The topological polar surface area (TPSA) is 55.2 Å². The number of benzene rings is 1. The third-order valence-electron chi connectivity index (χ3n) is 2.33. The molecule has 16 heavy (non-hydrogen) atoms. The maximum atomic E-state index is 10.6. The minimum atomic E-state index is -0.361. The SMILES string of the molecule is CCNC(C)Cc1ccc([N+](=O)[O-])cc1I. The Balaban J connectivity index is 2.79. The Morgan fingerprint density at radius 2 is 2.25 bits per heavy atom. The second kappa shape index (κ2) is 6.15. The smallest absolute Gasteiger partial charge is 0.270 e. The molecule has 0 saturated carbocycles. The Labute approximate surface area is 109 Å². The summed E-state index contributed by atoms with van der Waals surface area (Å²) in [4.78, 5) is 10.2. The molecule has 0 fully saturated rings. The van der Waals surface area contributed by atoms with Gasteiger partial charge in [0.2, 0.25) is 0 Å². The van der Waals surface area contributed by atoms with Crippen molar-refractivity contribution in [3.05, 3.63) is 37.4 Å². The molecule has 0 heterocycles. The molecule has 0 saturated heterocycles. The van der Waals surface area contributed by atoms with Crippen molar-refractivity contribution < 1.29 is 4.92 Å². The van der Waals surface area contributed by atoms with E-state index in [0.717, 1.165) is 22.1 Å². The molecule has 0 amide bonds. The number of nitrogens with one attached hydrogen (secondary N) is 1. The maximum Gasteiger partial charge on any atom is 0.270 e. The quantitative estimate of drug-likeness (QED) is 0.512. The Morgan fingerprint density at radius 3 is 2.75 bits per heavy atom. The Hall–Kier alpha value is -0.690. The van der Waals surface area contributed by atoms with Gasteiger partial charge >= 0.3 is 0 Å². The lowest BCUT2D eigenvalue weighted by Gasteiger charge is -2.13. The van der Waals surface area contributed by atoms with Crippen molar-refractivity contribution in [2.75, 3.05) is 6.54 Å². The summed E-state index contributed by atoms with van der Waals surface area (Å²) in [5.74, 6) is 0. The molecule has 1 aromatic carbocycles. The predicted octanol–water partition coefficient (Wildman–Crippen LogP) is 2.74. The number of nitro benzene ring substituents is 1. The summed E-state index contributed by atoms with van der Waals surface area (Å²) in [7, 11) is 0. The van der Waals surface area contributed by atoms with Crippen molar-refractivity contribution in [2.24, 2.45) is 0 Å². The van der Waals surface area contributed by atoms with Gasteiger partial charge in [0.1, 0.15) is 0 Å². The number of hydrogen-bond acceptors (Lipinski definition) is 3. The Kier molecular flexibility index (Phi) is 5.14. The van der Waals surface area contributed by atoms with Crippen LogP contribution in [0.25, 0.3) is 0 Å². The largest absolute Gasteiger partial charge is 0.314 e. The van der Waals surface area contributed by atoms with Crippen LogP contribution in [-0.4, -0.2) is 17.5 Å². The van der Waals surface area contributed by atoms with Crippen LogP contribution in [0.4, 0.5) is 5.69 Å². The summed E-state index contributed by atoms with van der Waals surface area (Å²) < 4.78 is 0.955. The lowest BCUT2D eigenvalue weighted by Crippen LogP contribution is -2.27. The number of halogens is 1. The van der Waals surface area contributed by atoms with E-state index in [1.807, 2.05) is 6.07 Å². The fourth-order valence-corrected chi connectivity index (χ4v) is 2.28. The number of hydrogen-bond donors (Lipinski definition) is 1. The number of non-ortho nitro benzene ring substituents is 1. The molecule has 0 aliphatic carbocycles. The Morgan fingerprint density at radius 1 is 1.56 bits per heavy atom. The van der Waals surface area contributed by atoms with Crippen LogP contribution in [0.1, 0.15) is 19.4 Å². The average molecular weight is 334 g/mol. The summed E-state index contributed by atoms with van der Waals surface area (Å²) in [6.07, 6.45) is 0.893. The van der Waals surface area contributed by atoms with E-state index in [1.165, 1.54) is 0 Å². The number of likely N-dealkylation sites (N-methyl/N-ethyl adjacent to an activating group) is 1. The molecule has 0 aliphatic heterocycles. The van der Waals surface area contributed by atoms with E-state index < -0.39 is 0 Å². The zero-order chi connectivity index (χ0) is 12.1. The molecule has 5 heteroatoms. The standard InChI is InChI=1S/C11H15IN2O2/c1-3-13-8(2)6-9-4-5-10(14(15)16)7-11(9)12/h4-5,7-8,13H,3,6H2,1-2H3. The zero-order valence-corrected chi connectivity index (χ0v) is 11.5. The number of nitrogens with zero attached hydrogens (tertiary/aromatic N) is 1. The molecule has 1 N–H and O–H groups in total. The van der Waals surface area contributed by atoms with E-state index in [-0.39, 0.29) is 10.6 Å². The molecule has 4 nitrogen and oxygen atoms in total. The molecular weight excluding hydrogens is 319 g/mol. The third-order valence-corrected chi connectivity index (χ3v) is 3.33. The minimum absolute atomic E-state index is 0.157. The van der Waals surface area contributed by atoms with Crippen molar-refractivity contribution in [3.63, 3.8) is 0 Å². The first-order chi connectivity index (χ1) is 7.54. The van der Waals surface area contributed by atoms with Crippen LogP contribution in [0.5, 0.6) is 0 Å². The highest BCUT2D eigenvalue weighted by molar-refractivity contribution is 14.1. The van der Waals surface area contributed by atoms with Gasteiger partial charge in [0.25, 0.3) is 5.69 Å². The molecule has 1 aromatic rings. The van der Waals surface area contributed by atoms with Crippen LogP contribution >= 0.6 is 22.6 Å². The maximum absolute atomic E-state index is 10.6. The average Bonchev–Trinajstić information content (AvgIpc) is 2.21. The van der Waals surface area contributed by atoms with Crippen molar-refractivity contribution in [1.29, 1.82) is 0 Å². The van der Waals surface area contributed by atoms with Crippen LogP contribution in [-0.2, 0) is 6.42 Å². The fraction of sp³-hybridized carbons (Fsp3) is 0.455. The van der Waals surface area contributed by atoms with Crippen molar-refractivity contribution in [2.45, 2.75) is 26.3 Å². The minimum Gasteiger partial charge on any atom is -0.314 e. The number of rotatable bonds is 5. The lowest BCUT2D eigenvalue weighted by atomic mass is 10.1. The molecular formula is C11H15IN2O2. The fourth-order valence-electron chi connectivity index (χ4n) is 1.57. The van der Waals surface area contributed by atoms with Crippen molar-refractivity contribution in [3.8, 4) is 0 Å². The van der Waals surface area contributed by atoms with Gasteiger partial charge in [0, 0.05) is 21.7 Å². The lowest BCUT2D eigenvalue weighted by molar-refractivity contribution is -0.385. The highest BCUT2D eigenvalue weighted by Crippen LogP contribution is 2.20. The predicted molar refractivity (Wildman–Crippen MR) is 72.7 cm³/mol. The van der Waals surface area contributed by atoms with Crippen LogP contribution in [0.2, 0.25) is 0 Å². The molecule has 0 bridgehead atoms. The van der Waals surface area contributed by atoms with Gasteiger partial charge in [-0.2, -0.15) is 0 Å².